The Morgan fingerprint density at radius 1 is 1.05 bits per heavy atom. The van der Waals surface area contributed by atoms with Crippen molar-refractivity contribution in [2.75, 3.05) is 14.2 Å². The van der Waals surface area contributed by atoms with E-state index in [0.29, 0.717) is 22.3 Å². The van der Waals surface area contributed by atoms with Crippen molar-refractivity contribution in [1.82, 2.24) is 4.98 Å². The number of aryl methyl sites for hydroxylation is 1. The minimum Gasteiger partial charge on any atom is -0.493 e. The van der Waals surface area contributed by atoms with E-state index < -0.39 is 0 Å². The summed E-state index contributed by atoms with van der Waals surface area (Å²) in [7, 11) is 3.16. The zero-order valence-corrected chi connectivity index (χ0v) is 11.6. The zero-order valence-electron chi connectivity index (χ0n) is 11.6. The molecule has 0 bridgehead atoms. The molecule has 1 aromatic heterocycles. The number of pyridine rings is 1. The Kier molecular flexibility index (Phi) is 2.86. The van der Waals surface area contributed by atoms with Gasteiger partial charge in [0.1, 0.15) is 0 Å². The second-order valence-electron chi connectivity index (χ2n) is 4.66. The number of rotatable bonds is 2. The molecule has 1 N–H and O–H groups in total. The maximum atomic E-state index is 12.7. The fourth-order valence-electron chi connectivity index (χ4n) is 2.64. The number of ether oxygens (including phenoxy) is 2. The smallest absolute Gasteiger partial charge is 0.197 e. The van der Waals surface area contributed by atoms with E-state index in [0.717, 1.165) is 16.6 Å². The van der Waals surface area contributed by atoms with Crippen LogP contribution >= 0.6 is 0 Å². The third-order valence-electron chi connectivity index (χ3n) is 3.58. The summed E-state index contributed by atoms with van der Waals surface area (Å²) in [6.07, 6.45) is 0. The molecule has 0 aliphatic rings. The van der Waals surface area contributed by atoms with Gasteiger partial charge in [-0.1, -0.05) is 12.1 Å². The Morgan fingerprint density at radius 2 is 1.80 bits per heavy atom. The van der Waals surface area contributed by atoms with Gasteiger partial charge >= 0.3 is 0 Å². The summed E-state index contributed by atoms with van der Waals surface area (Å²) in [6, 6.07) is 9.28. The highest BCUT2D eigenvalue weighted by Gasteiger charge is 2.15. The molecule has 4 nitrogen and oxygen atoms in total. The summed E-state index contributed by atoms with van der Waals surface area (Å²) in [4.78, 5) is 15.9. The first-order chi connectivity index (χ1) is 9.67. The molecule has 0 unspecified atom stereocenters. The standard InChI is InChI=1S/C16H15NO3/c1-9-14-12(8-13(19-2)16(9)20-3)17-11-7-5-4-6-10(11)15(14)18/h4-8H,1-3H3,(H,17,18). The molecular weight excluding hydrogens is 254 g/mol. The van der Waals surface area contributed by atoms with Gasteiger partial charge in [-0.05, 0) is 19.1 Å². The van der Waals surface area contributed by atoms with E-state index in [1.807, 2.05) is 31.2 Å². The van der Waals surface area contributed by atoms with Crippen molar-refractivity contribution in [1.29, 1.82) is 0 Å². The van der Waals surface area contributed by atoms with Crippen LogP contribution in [0.3, 0.4) is 0 Å². The number of hydrogen-bond donors (Lipinski definition) is 1. The van der Waals surface area contributed by atoms with Gasteiger partial charge in [0.25, 0.3) is 0 Å². The van der Waals surface area contributed by atoms with Gasteiger partial charge in [0.2, 0.25) is 0 Å². The Hall–Kier alpha value is -2.49. The molecule has 0 saturated carbocycles. The topological polar surface area (TPSA) is 51.3 Å². The molecule has 3 aromatic rings. The maximum absolute atomic E-state index is 12.7. The van der Waals surface area contributed by atoms with E-state index in [4.69, 9.17) is 9.47 Å². The zero-order chi connectivity index (χ0) is 14.3. The molecule has 0 radical (unpaired) electrons. The highest BCUT2D eigenvalue weighted by molar-refractivity contribution is 5.96. The average molecular weight is 269 g/mol. The molecule has 1 heterocycles. The first kappa shape index (κ1) is 12.5. The molecular formula is C16H15NO3. The number of H-pyrrole nitrogens is 1. The molecule has 0 atom stereocenters. The average Bonchev–Trinajstić information content (AvgIpc) is 2.46. The summed E-state index contributed by atoms with van der Waals surface area (Å²) in [5.74, 6) is 1.21. The second-order valence-corrected chi connectivity index (χ2v) is 4.66. The van der Waals surface area contributed by atoms with Crippen molar-refractivity contribution >= 4 is 21.8 Å². The van der Waals surface area contributed by atoms with Crippen LogP contribution in [0.25, 0.3) is 21.8 Å². The number of aromatic amines is 1. The van der Waals surface area contributed by atoms with Crippen molar-refractivity contribution in [3.05, 3.63) is 46.1 Å². The first-order valence-corrected chi connectivity index (χ1v) is 6.33. The largest absolute Gasteiger partial charge is 0.493 e. The Balaban J connectivity index is 2.56. The lowest BCUT2D eigenvalue weighted by Crippen LogP contribution is -2.07. The fraction of sp³-hybridized carbons (Fsp3) is 0.188. The number of benzene rings is 2. The van der Waals surface area contributed by atoms with E-state index in [1.165, 1.54) is 0 Å². The lowest BCUT2D eigenvalue weighted by atomic mass is 10.0. The SMILES string of the molecule is COc1cc2[nH]c3ccccc3c(=O)c2c(C)c1OC. The third kappa shape index (κ3) is 1.65. The fourth-order valence-corrected chi connectivity index (χ4v) is 2.64. The summed E-state index contributed by atoms with van der Waals surface area (Å²) < 4.78 is 10.7. The van der Waals surface area contributed by atoms with Gasteiger partial charge in [-0.2, -0.15) is 0 Å². The molecule has 2 aromatic carbocycles. The molecule has 20 heavy (non-hydrogen) atoms. The number of aromatic nitrogens is 1. The maximum Gasteiger partial charge on any atom is 0.197 e. The normalized spacial score (nSPS) is 10.9. The van der Waals surface area contributed by atoms with Gasteiger partial charge < -0.3 is 14.5 Å². The van der Waals surface area contributed by atoms with E-state index in [9.17, 15) is 4.79 Å². The van der Waals surface area contributed by atoms with Gasteiger partial charge in [-0.15, -0.1) is 0 Å². The van der Waals surface area contributed by atoms with Gasteiger partial charge in [0, 0.05) is 22.5 Å². The monoisotopic (exact) mass is 269 g/mol. The van der Waals surface area contributed by atoms with E-state index >= 15 is 0 Å². The number of para-hydroxylation sites is 1. The van der Waals surface area contributed by atoms with Crippen molar-refractivity contribution in [3.8, 4) is 11.5 Å². The highest BCUT2D eigenvalue weighted by Crippen LogP contribution is 2.35. The van der Waals surface area contributed by atoms with Crippen LogP contribution in [-0.4, -0.2) is 19.2 Å². The van der Waals surface area contributed by atoms with Crippen LogP contribution in [0.15, 0.2) is 35.1 Å². The number of hydrogen-bond acceptors (Lipinski definition) is 3. The molecule has 0 amide bonds. The minimum absolute atomic E-state index is 0.00723. The molecule has 0 aliphatic heterocycles. The van der Waals surface area contributed by atoms with Crippen molar-refractivity contribution in [2.24, 2.45) is 0 Å². The third-order valence-corrected chi connectivity index (χ3v) is 3.58. The molecule has 0 aliphatic carbocycles. The van der Waals surface area contributed by atoms with Crippen LogP contribution in [0, 0.1) is 6.92 Å². The highest BCUT2D eigenvalue weighted by atomic mass is 16.5. The molecule has 4 heteroatoms. The van der Waals surface area contributed by atoms with E-state index in [1.54, 1.807) is 20.3 Å². The van der Waals surface area contributed by atoms with Crippen LogP contribution in [0.2, 0.25) is 0 Å². The molecule has 3 rings (SSSR count). The van der Waals surface area contributed by atoms with Gasteiger partial charge in [-0.3, -0.25) is 4.79 Å². The summed E-state index contributed by atoms with van der Waals surface area (Å²) in [5.41, 5.74) is 2.36. The quantitative estimate of drug-likeness (QED) is 0.728. The molecule has 0 spiro atoms. The van der Waals surface area contributed by atoms with Gasteiger partial charge in [-0.25, -0.2) is 0 Å². The Morgan fingerprint density at radius 3 is 2.50 bits per heavy atom. The van der Waals surface area contributed by atoms with Gasteiger partial charge in [0.05, 0.1) is 25.1 Å². The van der Waals surface area contributed by atoms with Crippen molar-refractivity contribution in [2.45, 2.75) is 6.92 Å². The Bertz CT molecular complexity index is 865. The summed E-state index contributed by atoms with van der Waals surface area (Å²) in [6.45, 7) is 1.87. The Labute approximate surface area is 115 Å². The summed E-state index contributed by atoms with van der Waals surface area (Å²) in [5, 5.41) is 1.32. The van der Waals surface area contributed by atoms with Crippen LogP contribution in [0.4, 0.5) is 0 Å². The van der Waals surface area contributed by atoms with Crippen LogP contribution < -0.4 is 14.9 Å². The van der Waals surface area contributed by atoms with Crippen LogP contribution in [0.1, 0.15) is 5.56 Å². The van der Waals surface area contributed by atoms with E-state index in [-0.39, 0.29) is 5.43 Å². The van der Waals surface area contributed by atoms with Crippen molar-refractivity contribution in [3.63, 3.8) is 0 Å². The predicted molar refractivity (Wildman–Crippen MR) is 79.9 cm³/mol. The number of methoxy groups -OCH3 is 2. The van der Waals surface area contributed by atoms with Crippen LogP contribution in [0.5, 0.6) is 11.5 Å². The van der Waals surface area contributed by atoms with E-state index in [2.05, 4.69) is 4.98 Å². The number of fused-ring (bicyclic) bond motifs is 2. The molecule has 0 saturated heterocycles. The van der Waals surface area contributed by atoms with Crippen molar-refractivity contribution < 1.29 is 9.47 Å². The van der Waals surface area contributed by atoms with Crippen LogP contribution in [-0.2, 0) is 0 Å². The minimum atomic E-state index is 0.00723. The number of nitrogens with one attached hydrogen (secondary N) is 1. The second kappa shape index (κ2) is 4.56. The summed E-state index contributed by atoms with van der Waals surface area (Å²) >= 11 is 0. The predicted octanol–water partition coefficient (Wildman–Crippen LogP) is 3.01. The lowest BCUT2D eigenvalue weighted by Gasteiger charge is -2.13. The first-order valence-electron chi connectivity index (χ1n) is 6.33. The lowest BCUT2D eigenvalue weighted by molar-refractivity contribution is 0.354. The molecule has 102 valence electrons. The molecule has 0 fully saturated rings. The van der Waals surface area contributed by atoms with Gasteiger partial charge in [0.15, 0.2) is 16.9 Å².